The fraction of sp³-hybridized carbons (Fsp3) is 0.378. The molecule has 3 aromatic carbocycles. The van der Waals surface area contributed by atoms with Gasteiger partial charge < -0.3 is 20.3 Å². The summed E-state index contributed by atoms with van der Waals surface area (Å²) < 4.78 is 20.1. The van der Waals surface area contributed by atoms with Crippen LogP contribution < -0.4 is 25.6 Å². The number of fused-ring (bicyclic) bond motifs is 2. The van der Waals surface area contributed by atoms with Gasteiger partial charge in [-0.3, -0.25) is 44.2 Å². The summed E-state index contributed by atoms with van der Waals surface area (Å²) in [5.74, 6) is -1.91. The third kappa shape index (κ3) is 9.12. The fourth-order valence-corrected chi connectivity index (χ4v) is 8.28. The van der Waals surface area contributed by atoms with Crippen LogP contribution in [-0.4, -0.2) is 118 Å². The Kier molecular flexibility index (Phi) is 12.8. The van der Waals surface area contributed by atoms with Crippen LogP contribution in [0, 0.1) is 5.82 Å². The summed E-state index contributed by atoms with van der Waals surface area (Å²) in [7, 11) is 1.48. The number of H-pyrrole nitrogens is 1. The first-order chi connectivity index (χ1) is 30.2. The molecular formula is C45H49FN10O6. The number of unbranched alkanes of at least 4 members (excludes halogenated alkanes) is 5. The zero-order chi connectivity index (χ0) is 43.2. The lowest BCUT2D eigenvalue weighted by atomic mass is 10.0. The van der Waals surface area contributed by atoms with E-state index in [4.69, 9.17) is 4.74 Å². The number of piperidine rings is 1. The number of anilines is 2. The molecule has 4 N–H and O–H groups in total. The van der Waals surface area contributed by atoms with Crippen LogP contribution in [-0.2, 0) is 14.4 Å². The number of benzene rings is 3. The largest absolute Gasteiger partial charge is 0.496 e. The van der Waals surface area contributed by atoms with Gasteiger partial charge in [0.05, 0.1) is 36.5 Å². The SMILES string of the molecule is COc1cccc(F)c1-c1ncc2[nH]nc(-c3ccc(N4CCN(CC(=O)NCCCCCCCCNc5ccc6c(c5)C(=O)N(C5CCC(=O)NC5=O)C6=O)CC4)cc3)c2n1. The van der Waals surface area contributed by atoms with Gasteiger partial charge in [0.2, 0.25) is 17.7 Å². The van der Waals surface area contributed by atoms with Gasteiger partial charge in [-0.25, -0.2) is 14.4 Å². The number of amides is 5. The molecule has 322 valence electrons. The van der Waals surface area contributed by atoms with Crippen molar-refractivity contribution in [3.63, 3.8) is 0 Å². The van der Waals surface area contributed by atoms with Crippen LogP contribution in [0.15, 0.2) is 66.9 Å². The number of carbonyl (C=O) groups excluding carboxylic acids is 5. The molecule has 2 aromatic heterocycles. The Morgan fingerprint density at radius 2 is 1.63 bits per heavy atom. The Morgan fingerprint density at radius 1 is 0.887 bits per heavy atom. The Morgan fingerprint density at radius 3 is 2.39 bits per heavy atom. The second-order valence-corrected chi connectivity index (χ2v) is 15.8. The number of hydrogen-bond donors (Lipinski definition) is 4. The van der Waals surface area contributed by atoms with Crippen LogP contribution in [0.2, 0.25) is 0 Å². The van der Waals surface area contributed by atoms with Gasteiger partial charge in [-0.15, -0.1) is 0 Å². The van der Waals surface area contributed by atoms with Crippen LogP contribution in [0.5, 0.6) is 5.75 Å². The number of aromatic nitrogens is 4. The number of aromatic amines is 1. The maximum atomic E-state index is 14.8. The summed E-state index contributed by atoms with van der Waals surface area (Å²) in [6, 6.07) is 16.8. The average molecular weight is 845 g/mol. The van der Waals surface area contributed by atoms with E-state index in [1.54, 1.807) is 36.5 Å². The number of carbonyl (C=O) groups is 5. The predicted octanol–water partition coefficient (Wildman–Crippen LogP) is 4.93. The van der Waals surface area contributed by atoms with Crippen LogP contribution in [0.1, 0.15) is 72.1 Å². The van der Waals surface area contributed by atoms with E-state index in [2.05, 4.69) is 58.0 Å². The molecule has 1 unspecified atom stereocenters. The van der Waals surface area contributed by atoms with Crippen molar-refractivity contribution in [3.05, 3.63) is 83.8 Å². The minimum Gasteiger partial charge on any atom is -0.496 e. The standard InChI is InChI=1S/C45H49FN10O6/c1-62-36-10-8-9-33(46)39(36)42-49-26-34-41(51-42)40(53-52-34)28-11-14-30(15-12-28)55-23-21-54(22-24-55)27-38(58)48-20-7-5-3-2-4-6-19-47-29-13-16-31-32(25-29)45(61)56(44(31)60)35-17-18-37(57)50-43(35)59/h8-16,25-26,35,47H,2-7,17-24,27H2,1H3,(H,48,58)(H,52,53)(H,50,57,59). The number of imide groups is 2. The van der Waals surface area contributed by atoms with Crippen molar-refractivity contribution in [3.8, 4) is 28.4 Å². The van der Waals surface area contributed by atoms with Gasteiger partial charge in [0.1, 0.15) is 34.3 Å². The van der Waals surface area contributed by atoms with Crippen LogP contribution >= 0.6 is 0 Å². The zero-order valence-electron chi connectivity index (χ0n) is 34.5. The lowest BCUT2D eigenvalue weighted by Gasteiger charge is -2.35. The summed E-state index contributed by atoms with van der Waals surface area (Å²) in [5.41, 5.74) is 5.27. The van der Waals surface area contributed by atoms with Gasteiger partial charge in [0, 0.05) is 62.6 Å². The van der Waals surface area contributed by atoms with Crippen LogP contribution in [0.4, 0.5) is 15.8 Å². The molecule has 17 heteroatoms. The minimum absolute atomic E-state index is 0.0434. The third-order valence-corrected chi connectivity index (χ3v) is 11.7. The molecule has 2 fully saturated rings. The molecule has 0 aliphatic carbocycles. The van der Waals surface area contributed by atoms with Gasteiger partial charge >= 0.3 is 0 Å². The molecule has 5 aromatic rings. The molecule has 16 nitrogen and oxygen atoms in total. The smallest absolute Gasteiger partial charge is 0.262 e. The van der Waals surface area contributed by atoms with E-state index < -0.39 is 35.5 Å². The summed E-state index contributed by atoms with van der Waals surface area (Å²) in [5, 5.41) is 16.1. The second kappa shape index (κ2) is 18.9. The maximum Gasteiger partial charge on any atom is 0.262 e. The summed E-state index contributed by atoms with van der Waals surface area (Å²) in [6.07, 6.45) is 7.88. The highest BCUT2D eigenvalue weighted by Gasteiger charge is 2.44. The van der Waals surface area contributed by atoms with E-state index in [0.717, 1.165) is 86.5 Å². The number of methoxy groups -OCH3 is 1. The van der Waals surface area contributed by atoms with Crippen molar-refractivity contribution < 1.29 is 33.1 Å². The van der Waals surface area contributed by atoms with Crippen molar-refractivity contribution >= 4 is 51.9 Å². The van der Waals surface area contributed by atoms with E-state index in [9.17, 15) is 28.4 Å². The Hall–Kier alpha value is -6.75. The lowest BCUT2D eigenvalue weighted by molar-refractivity contribution is -0.136. The third-order valence-electron chi connectivity index (χ3n) is 11.7. The van der Waals surface area contributed by atoms with E-state index in [-0.39, 0.29) is 41.3 Å². The highest BCUT2D eigenvalue weighted by atomic mass is 19.1. The van der Waals surface area contributed by atoms with Gasteiger partial charge in [-0.05, 0) is 61.7 Å². The zero-order valence-corrected chi connectivity index (χ0v) is 34.5. The topological polar surface area (TPSA) is 195 Å². The monoisotopic (exact) mass is 844 g/mol. The Labute approximate surface area is 357 Å². The highest BCUT2D eigenvalue weighted by molar-refractivity contribution is 6.23. The first-order valence-corrected chi connectivity index (χ1v) is 21.2. The summed E-state index contributed by atoms with van der Waals surface area (Å²) in [6.45, 7) is 4.90. The molecule has 5 heterocycles. The van der Waals surface area contributed by atoms with Crippen molar-refractivity contribution in [2.75, 3.05) is 63.1 Å². The van der Waals surface area contributed by atoms with Crippen LogP contribution in [0.3, 0.4) is 0 Å². The second-order valence-electron chi connectivity index (χ2n) is 15.8. The molecule has 0 bridgehead atoms. The minimum atomic E-state index is -0.979. The molecule has 0 radical (unpaired) electrons. The van der Waals surface area contributed by atoms with Gasteiger partial charge in [-0.1, -0.05) is 43.9 Å². The lowest BCUT2D eigenvalue weighted by Crippen LogP contribution is -2.54. The van der Waals surface area contributed by atoms with Gasteiger partial charge in [0.25, 0.3) is 11.8 Å². The number of halogens is 1. The molecule has 62 heavy (non-hydrogen) atoms. The summed E-state index contributed by atoms with van der Waals surface area (Å²) >= 11 is 0. The first-order valence-electron chi connectivity index (χ1n) is 21.2. The highest BCUT2D eigenvalue weighted by Crippen LogP contribution is 2.34. The molecular weight excluding hydrogens is 796 g/mol. The molecule has 2 saturated heterocycles. The molecule has 3 aliphatic heterocycles. The molecule has 0 spiro atoms. The summed E-state index contributed by atoms with van der Waals surface area (Å²) in [4.78, 5) is 77.0. The predicted molar refractivity (Wildman–Crippen MR) is 230 cm³/mol. The van der Waals surface area contributed by atoms with Crippen molar-refractivity contribution in [1.82, 2.24) is 40.6 Å². The molecule has 3 aliphatic rings. The van der Waals surface area contributed by atoms with Crippen LogP contribution in [0.25, 0.3) is 33.7 Å². The normalized spacial score (nSPS) is 16.8. The van der Waals surface area contributed by atoms with Gasteiger partial charge in [-0.2, -0.15) is 5.10 Å². The van der Waals surface area contributed by atoms with Gasteiger partial charge in [0.15, 0.2) is 5.82 Å². The fourth-order valence-electron chi connectivity index (χ4n) is 8.28. The number of piperazine rings is 1. The molecule has 5 amide bonds. The van der Waals surface area contributed by atoms with Crippen molar-refractivity contribution in [1.29, 1.82) is 0 Å². The Balaban J connectivity index is 0.695. The number of hydrogen-bond acceptors (Lipinski definition) is 12. The quantitative estimate of drug-likeness (QED) is 0.0730. The average Bonchev–Trinajstić information content (AvgIpc) is 3.81. The number of ether oxygens (including phenoxy) is 1. The van der Waals surface area contributed by atoms with Crippen molar-refractivity contribution in [2.45, 2.75) is 57.4 Å². The molecule has 8 rings (SSSR count). The Bertz CT molecular complexity index is 2490. The molecule has 0 saturated carbocycles. The van der Waals surface area contributed by atoms with E-state index >= 15 is 0 Å². The molecule has 1 atom stereocenters. The number of nitrogens with one attached hydrogen (secondary N) is 4. The van der Waals surface area contributed by atoms with E-state index in [1.807, 2.05) is 12.1 Å². The first kappa shape index (κ1) is 42.0. The number of rotatable bonds is 17. The van der Waals surface area contributed by atoms with E-state index in [0.29, 0.717) is 42.1 Å². The maximum absolute atomic E-state index is 14.8. The van der Waals surface area contributed by atoms with E-state index in [1.165, 1.54) is 13.2 Å². The van der Waals surface area contributed by atoms with Crippen molar-refractivity contribution in [2.24, 2.45) is 0 Å². The number of nitrogens with zero attached hydrogens (tertiary/aromatic N) is 6.